The molecule has 2 atom stereocenters. The van der Waals surface area contributed by atoms with E-state index >= 15 is 0 Å². The van der Waals surface area contributed by atoms with Crippen molar-refractivity contribution in [2.75, 3.05) is 13.7 Å². The smallest absolute Gasteiger partial charge is 0.336 e. The van der Waals surface area contributed by atoms with E-state index in [0.717, 1.165) is 17.7 Å². The first kappa shape index (κ1) is 19.3. The molecule has 0 N–H and O–H groups in total. The van der Waals surface area contributed by atoms with Gasteiger partial charge in [0.1, 0.15) is 11.5 Å². The number of hydrogen-bond acceptors (Lipinski definition) is 5. The number of methoxy groups -OCH3 is 1. The molecule has 5 heteroatoms. The molecule has 0 spiro atoms. The molecule has 1 aliphatic heterocycles. The Hall–Kier alpha value is -2.43. The number of benzene rings is 1. The van der Waals surface area contributed by atoms with Crippen molar-refractivity contribution in [3.8, 4) is 5.75 Å². The van der Waals surface area contributed by atoms with E-state index in [2.05, 4.69) is 18.8 Å². The molecule has 2 aliphatic rings. The van der Waals surface area contributed by atoms with Gasteiger partial charge in [-0.15, -0.1) is 0 Å². The highest BCUT2D eigenvalue weighted by molar-refractivity contribution is 6.12. The number of esters is 1. The van der Waals surface area contributed by atoms with Crippen molar-refractivity contribution in [2.24, 2.45) is 16.3 Å². The summed E-state index contributed by atoms with van der Waals surface area (Å²) >= 11 is 0. The predicted molar refractivity (Wildman–Crippen MR) is 104 cm³/mol. The third kappa shape index (κ3) is 3.55. The molecule has 0 aromatic heterocycles. The van der Waals surface area contributed by atoms with Gasteiger partial charge in [-0.2, -0.15) is 0 Å². The van der Waals surface area contributed by atoms with Gasteiger partial charge in [0.15, 0.2) is 0 Å². The van der Waals surface area contributed by atoms with Crippen LogP contribution < -0.4 is 4.74 Å². The molecule has 0 radical (unpaired) electrons. The molecule has 1 heterocycles. The number of ketones is 1. The molecule has 0 saturated heterocycles. The Morgan fingerprint density at radius 2 is 1.93 bits per heavy atom. The van der Waals surface area contributed by atoms with Crippen molar-refractivity contribution < 1.29 is 19.1 Å². The Labute approximate surface area is 160 Å². The SMILES string of the molecule is CCOc1ccccc1[C@@H]1C(C(=O)OC)=C(C)N=C2CC(C)(C)CC(=O)C21. The summed E-state index contributed by atoms with van der Waals surface area (Å²) in [6.07, 6.45) is 1.21. The summed E-state index contributed by atoms with van der Waals surface area (Å²) in [4.78, 5) is 30.5. The molecule has 3 rings (SSSR count). The Morgan fingerprint density at radius 1 is 1.22 bits per heavy atom. The fraction of sp³-hybridized carbons (Fsp3) is 0.500. The summed E-state index contributed by atoms with van der Waals surface area (Å²) in [6.45, 7) is 8.41. The highest BCUT2D eigenvalue weighted by atomic mass is 16.5. The molecule has 5 nitrogen and oxygen atoms in total. The molecule has 0 amide bonds. The van der Waals surface area contributed by atoms with E-state index < -0.39 is 17.8 Å². The highest BCUT2D eigenvalue weighted by Gasteiger charge is 2.48. The summed E-state index contributed by atoms with van der Waals surface area (Å²) in [5.74, 6) is -0.508. The Kier molecular flexibility index (Phi) is 5.22. The molecule has 144 valence electrons. The second-order valence-corrected chi connectivity index (χ2v) is 8.00. The van der Waals surface area contributed by atoms with Crippen LogP contribution in [0.3, 0.4) is 0 Å². The van der Waals surface area contributed by atoms with Crippen molar-refractivity contribution in [3.05, 3.63) is 41.1 Å². The Morgan fingerprint density at radius 3 is 2.59 bits per heavy atom. The van der Waals surface area contributed by atoms with Crippen LogP contribution in [0, 0.1) is 11.3 Å². The van der Waals surface area contributed by atoms with E-state index in [1.54, 1.807) is 0 Å². The lowest BCUT2D eigenvalue weighted by Gasteiger charge is -2.41. The van der Waals surface area contributed by atoms with Gasteiger partial charge in [-0.1, -0.05) is 32.0 Å². The number of ether oxygens (including phenoxy) is 2. The number of carbonyl (C=O) groups is 2. The zero-order valence-electron chi connectivity index (χ0n) is 16.7. The first-order valence-corrected chi connectivity index (χ1v) is 9.40. The number of hydrogen-bond donors (Lipinski definition) is 0. The van der Waals surface area contributed by atoms with Crippen LogP contribution >= 0.6 is 0 Å². The molecule has 1 aromatic rings. The summed E-state index contributed by atoms with van der Waals surface area (Å²) in [7, 11) is 1.36. The van der Waals surface area contributed by atoms with Crippen LogP contribution in [0.2, 0.25) is 0 Å². The molecule has 1 unspecified atom stereocenters. The Balaban J connectivity index is 2.21. The fourth-order valence-electron chi connectivity index (χ4n) is 4.33. The summed E-state index contributed by atoms with van der Waals surface area (Å²) in [5.41, 5.74) is 2.64. The second kappa shape index (κ2) is 7.29. The first-order chi connectivity index (χ1) is 12.8. The number of fused-ring (bicyclic) bond motifs is 1. The van der Waals surface area contributed by atoms with Gasteiger partial charge < -0.3 is 9.47 Å². The van der Waals surface area contributed by atoms with Crippen LogP contribution in [0.4, 0.5) is 0 Å². The maximum Gasteiger partial charge on any atom is 0.336 e. The molecule has 1 saturated carbocycles. The van der Waals surface area contributed by atoms with Crippen molar-refractivity contribution in [1.29, 1.82) is 0 Å². The van der Waals surface area contributed by atoms with E-state index in [-0.39, 0.29) is 11.2 Å². The number of para-hydroxylation sites is 1. The van der Waals surface area contributed by atoms with Crippen molar-refractivity contribution >= 4 is 17.5 Å². The molecule has 1 aliphatic carbocycles. The lowest BCUT2D eigenvalue weighted by atomic mass is 9.63. The van der Waals surface area contributed by atoms with E-state index in [9.17, 15) is 9.59 Å². The second-order valence-electron chi connectivity index (χ2n) is 8.00. The molecular formula is C22H27NO4. The number of Topliss-reactive ketones (excluding diaryl/α,β-unsaturated/α-hetero) is 1. The van der Waals surface area contributed by atoms with Gasteiger partial charge in [-0.3, -0.25) is 9.79 Å². The van der Waals surface area contributed by atoms with Gasteiger partial charge in [0.25, 0.3) is 0 Å². The van der Waals surface area contributed by atoms with Crippen LogP contribution in [-0.4, -0.2) is 31.2 Å². The van der Waals surface area contributed by atoms with E-state index in [4.69, 9.17) is 9.47 Å². The summed E-state index contributed by atoms with van der Waals surface area (Å²) in [5, 5.41) is 0. The lowest BCUT2D eigenvalue weighted by Crippen LogP contribution is -2.44. The van der Waals surface area contributed by atoms with Crippen LogP contribution in [0.1, 0.15) is 52.0 Å². The van der Waals surface area contributed by atoms with Gasteiger partial charge >= 0.3 is 5.97 Å². The number of allylic oxidation sites excluding steroid dienone is 1. The van der Waals surface area contributed by atoms with Crippen LogP contribution in [0.5, 0.6) is 5.75 Å². The number of nitrogens with zero attached hydrogens (tertiary/aromatic N) is 1. The van der Waals surface area contributed by atoms with Crippen LogP contribution in [0.25, 0.3) is 0 Å². The maximum absolute atomic E-state index is 13.2. The van der Waals surface area contributed by atoms with Crippen molar-refractivity contribution in [2.45, 2.75) is 46.5 Å². The molecule has 1 aromatic carbocycles. The molecule has 27 heavy (non-hydrogen) atoms. The number of carbonyl (C=O) groups excluding carboxylic acids is 2. The molecule has 1 fully saturated rings. The average Bonchev–Trinajstić information content (AvgIpc) is 2.59. The quantitative estimate of drug-likeness (QED) is 0.750. The van der Waals surface area contributed by atoms with Crippen LogP contribution in [0.15, 0.2) is 40.5 Å². The third-order valence-electron chi connectivity index (χ3n) is 5.32. The van der Waals surface area contributed by atoms with Gasteiger partial charge in [0.05, 0.1) is 25.2 Å². The minimum atomic E-state index is -0.447. The number of aliphatic imine (C=N–C) groups is 1. The van der Waals surface area contributed by atoms with Crippen LogP contribution in [-0.2, 0) is 14.3 Å². The minimum absolute atomic E-state index is 0.121. The normalized spacial score (nSPS) is 24.2. The highest BCUT2D eigenvalue weighted by Crippen LogP contribution is 2.48. The summed E-state index contributed by atoms with van der Waals surface area (Å²) < 4.78 is 10.9. The van der Waals surface area contributed by atoms with E-state index in [1.165, 1.54) is 7.11 Å². The first-order valence-electron chi connectivity index (χ1n) is 9.40. The standard InChI is InChI=1S/C22H27NO4/c1-6-27-17-10-8-7-9-14(17)19-18(21(25)26-5)13(2)23-15-11-22(3,4)12-16(24)20(15)19/h7-10,19-20H,6,11-12H2,1-5H3/t19-,20?/m1/s1. The molecular weight excluding hydrogens is 342 g/mol. The molecule has 0 bridgehead atoms. The van der Waals surface area contributed by atoms with Gasteiger partial charge in [0, 0.05) is 29.3 Å². The topological polar surface area (TPSA) is 65.0 Å². The average molecular weight is 369 g/mol. The van der Waals surface area contributed by atoms with E-state index in [0.29, 0.717) is 30.0 Å². The third-order valence-corrected chi connectivity index (χ3v) is 5.32. The van der Waals surface area contributed by atoms with Gasteiger partial charge in [0.2, 0.25) is 0 Å². The monoisotopic (exact) mass is 369 g/mol. The Bertz CT molecular complexity index is 834. The fourth-order valence-corrected chi connectivity index (χ4v) is 4.33. The number of rotatable bonds is 4. The lowest BCUT2D eigenvalue weighted by molar-refractivity contribution is -0.136. The predicted octanol–water partition coefficient (Wildman–Crippen LogP) is 4.08. The maximum atomic E-state index is 13.2. The largest absolute Gasteiger partial charge is 0.494 e. The minimum Gasteiger partial charge on any atom is -0.494 e. The van der Waals surface area contributed by atoms with Gasteiger partial charge in [-0.05, 0) is 31.7 Å². The van der Waals surface area contributed by atoms with E-state index in [1.807, 2.05) is 38.1 Å². The zero-order valence-corrected chi connectivity index (χ0v) is 16.7. The summed E-state index contributed by atoms with van der Waals surface area (Å²) in [6, 6.07) is 7.62. The zero-order chi connectivity index (χ0) is 19.8. The van der Waals surface area contributed by atoms with Crippen molar-refractivity contribution in [3.63, 3.8) is 0 Å². The van der Waals surface area contributed by atoms with Gasteiger partial charge in [-0.25, -0.2) is 4.79 Å². The van der Waals surface area contributed by atoms with Crippen molar-refractivity contribution in [1.82, 2.24) is 0 Å².